The normalized spacial score (nSPS) is 12.8. The zero-order valence-corrected chi connectivity index (χ0v) is 16.0. The summed E-state index contributed by atoms with van der Waals surface area (Å²) in [5, 5.41) is 7.45. The van der Waals surface area contributed by atoms with Crippen LogP contribution in [0.1, 0.15) is 11.1 Å². The molecule has 27 heavy (non-hydrogen) atoms. The number of rotatable bonds is 7. The fourth-order valence-corrected chi connectivity index (χ4v) is 4.19. The number of thiophene rings is 1. The molecular formula is C16H19F3N4O2S2. The fourth-order valence-electron chi connectivity index (χ4n) is 2.12. The average molecular weight is 420 g/mol. The van der Waals surface area contributed by atoms with Gasteiger partial charge in [0.15, 0.2) is 5.96 Å². The first-order chi connectivity index (χ1) is 12.7. The number of hydrogen-bond donors (Lipinski definition) is 3. The number of hydrogen-bond acceptors (Lipinski definition) is 4. The molecule has 6 nitrogen and oxygen atoms in total. The Morgan fingerprint density at radius 1 is 1.15 bits per heavy atom. The molecule has 0 amide bonds. The van der Waals surface area contributed by atoms with Crippen molar-refractivity contribution in [3.63, 3.8) is 0 Å². The summed E-state index contributed by atoms with van der Waals surface area (Å²) in [7, 11) is -2.02. The second-order valence-corrected chi connectivity index (χ2v) is 8.32. The molecule has 0 aliphatic rings. The van der Waals surface area contributed by atoms with Gasteiger partial charge in [-0.1, -0.05) is 18.2 Å². The van der Waals surface area contributed by atoms with E-state index in [9.17, 15) is 21.6 Å². The van der Waals surface area contributed by atoms with Crippen molar-refractivity contribution in [3.05, 3.63) is 52.9 Å². The number of alkyl halides is 3. The van der Waals surface area contributed by atoms with Gasteiger partial charge in [-0.15, -0.1) is 11.3 Å². The zero-order valence-electron chi connectivity index (χ0n) is 14.4. The molecule has 0 saturated heterocycles. The summed E-state index contributed by atoms with van der Waals surface area (Å²) in [4.78, 5) is 3.96. The van der Waals surface area contributed by atoms with Crippen LogP contribution in [-0.4, -0.2) is 34.5 Å². The standard InChI is InChI=1S/C16H19F3N4O2S2/c1-20-15(21-7-8-23-27(24,25)14-6-3-9-26-14)22-11-12-4-2-5-13(10-12)16(17,18)19/h2-6,9-10,23H,7-8,11H2,1H3,(H2,20,21,22). The van der Waals surface area contributed by atoms with E-state index in [2.05, 4.69) is 20.3 Å². The van der Waals surface area contributed by atoms with Crippen LogP contribution in [0, 0.1) is 0 Å². The third-order valence-electron chi connectivity index (χ3n) is 3.41. The van der Waals surface area contributed by atoms with Gasteiger partial charge >= 0.3 is 6.18 Å². The lowest BCUT2D eigenvalue weighted by molar-refractivity contribution is -0.137. The molecular weight excluding hydrogens is 401 g/mol. The maximum Gasteiger partial charge on any atom is 0.416 e. The summed E-state index contributed by atoms with van der Waals surface area (Å²) in [6.45, 7) is 0.530. The molecule has 0 saturated carbocycles. The van der Waals surface area contributed by atoms with E-state index in [1.807, 2.05) is 0 Å². The SMILES string of the molecule is CN=C(NCCNS(=O)(=O)c1cccs1)NCc1cccc(C(F)(F)F)c1. The molecule has 0 atom stereocenters. The quantitative estimate of drug-likeness (QED) is 0.365. The van der Waals surface area contributed by atoms with Crippen LogP contribution in [0.3, 0.4) is 0 Å². The molecule has 1 aromatic heterocycles. The molecule has 0 unspecified atom stereocenters. The van der Waals surface area contributed by atoms with Gasteiger partial charge in [0.1, 0.15) is 4.21 Å². The Kier molecular flexibility index (Phi) is 7.22. The molecule has 2 rings (SSSR count). The molecule has 0 fully saturated rings. The van der Waals surface area contributed by atoms with E-state index in [1.165, 1.54) is 19.2 Å². The topological polar surface area (TPSA) is 82.6 Å². The summed E-state index contributed by atoms with van der Waals surface area (Å²) < 4.78 is 64.8. The Labute approximate surface area is 159 Å². The molecule has 148 valence electrons. The Hall–Kier alpha value is -2.11. The van der Waals surface area contributed by atoms with Gasteiger partial charge in [-0.05, 0) is 29.1 Å². The predicted molar refractivity (Wildman–Crippen MR) is 99.2 cm³/mol. The van der Waals surface area contributed by atoms with Crippen molar-refractivity contribution in [1.82, 2.24) is 15.4 Å². The van der Waals surface area contributed by atoms with Gasteiger partial charge in [0.25, 0.3) is 0 Å². The highest BCUT2D eigenvalue weighted by molar-refractivity contribution is 7.91. The second kappa shape index (κ2) is 9.20. The van der Waals surface area contributed by atoms with Crippen molar-refractivity contribution in [1.29, 1.82) is 0 Å². The Bertz CT molecular complexity index is 866. The van der Waals surface area contributed by atoms with E-state index in [0.717, 1.165) is 23.5 Å². The van der Waals surface area contributed by atoms with Gasteiger partial charge < -0.3 is 10.6 Å². The monoisotopic (exact) mass is 420 g/mol. The van der Waals surface area contributed by atoms with Crippen molar-refractivity contribution in [2.75, 3.05) is 20.1 Å². The van der Waals surface area contributed by atoms with Gasteiger partial charge in [-0.25, -0.2) is 13.1 Å². The molecule has 0 radical (unpaired) electrons. The smallest absolute Gasteiger partial charge is 0.355 e. The van der Waals surface area contributed by atoms with E-state index in [0.29, 0.717) is 11.5 Å². The number of halogens is 3. The van der Waals surface area contributed by atoms with Gasteiger partial charge in [0, 0.05) is 26.7 Å². The lowest BCUT2D eigenvalue weighted by Gasteiger charge is -2.13. The minimum absolute atomic E-state index is 0.129. The average Bonchev–Trinajstić information content (AvgIpc) is 3.16. The van der Waals surface area contributed by atoms with Crippen LogP contribution in [0.5, 0.6) is 0 Å². The zero-order chi connectivity index (χ0) is 19.9. The van der Waals surface area contributed by atoms with Crippen molar-refractivity contribution in [2.24, 2.45) is 4.99 Å². The van der Waals surface area contributed by atoms with Crippen LogP contribution in [0.15, 0.2) is 51.0 Å². The number of nitrogens with one attached hydrogen (secondary N) is 3. The Morgan fingerprint density at radius 3 is 2.56 bits per heavy atom. The number of benzene rings is 1. The summed E-state index contributed by atoms with van der Waals surface area (Å²) in [6.07, 6.45) is -4.39. The first-order valence-electron chi connectivity index (χ1n) is 7.86. The highest BCUT2D eigenvalue weighted by Crippen LogP contribution is 2.29. The number of sulfonamides is 1. The van der Waals surface area contributed by atoms with Gasteiger partial charge in [-0.3, -0.25) is 4.99 Å². The van der Waals surface area contributed by atoms with Crippen molar-refractivity contribution in [3.8, 4) is 0 Å². The van der Waals surface area contributed by atoms with Crippen LogP contribution < -0.4 is 15.4 Å². The van der Waals surface area contributed by atoms with Crippen molar-refractivity contribution in [2.45, 2.75) is 16.9 Å². The minimum atomic E-state index is -4.39. The molecule has 3 N–H and O–H groups in total. The predicted octanol–water partition coefficient (Wildman–Crippen LogP) is 2.41. The molecule has 0 aliphatic carbocycles. The lowest BCUT2D eigenvalue weighted by Crippen LogP contribution is -2.41. The molecule has 0 spiro atoms. The number of guanidine groups is 1. The fraction of sp³-hybridized carbons (Fsp3) is 0.312. The largest absolute Gasteiger partial charge is 0.416 e. The van der Waals surface area contributed by atoms with E-state index in [1.54, 1.807) is 17.5 Å². The van der Waals surface area contributed by atoms with E-state index < -0.39 is 21.8 Å². The highest BCUT2D eigenvalue weighted by atomic mass is 32.2. The van der Waals surface area contributed by atoms with Gasteiger partial charge in [0.2, 0.25) is 10.0 Å². The molecule has 1 aromatic carbocycles. The summed E-state index contributed by atoms with van der Waals surface area (Å²) in [5.41, 5.74) is -0.265. The first kappa shape index (κ1) is 21.2. The van der Waals surface area contributed by atoms with Crippen LogP contribution in [0.2, 0.25) is 0 Å². The van der Waals surface area contributed by atoms with Crippen LogP contribution in [-0.2, 0) is 22.7 Å². The molecule has 0 bridgehead atoms. The Morgan fingerprint density at radius 2 is 1.93 bits per heavy atom. The maximum atomic E-state index is 12.7. The molecule has 2 aromatic rings. The highest BCUT2D eigenvalue weighted by Gasteiger charge is 2.30. The van der Waals surface area contributed by atoms with E-state index in [4.69, 9.17) is 0 Å². The third-order valence-corrected chi connectivity index (χ3v) is 6.27. The van der Waals surface area contributed by atoms with Gasteiger partial charge in [0.05, 0.1) is 5.56 Å². The van der Waals surface area contributed by atoms with E-state index >= 15 is 0 Å². The van der Waals surface area contributed by atoms with Crippen molar-refractivity contribution >= 4 is 27.3 Å². The number of aliphatic imine (C=N–C) groups is 1. The minimum Gasteiger partial charge on any atom is -0.355 e. The summed E-state index contributed by atoms with van der Waals surface area (Å²) in [5.74, 6) is 0.350. The molecule has 11 heteroatoms. The van der Waals surface area contributed by atoms with E-state index in [-0.39, 0.29) is 23.8 Å². The van der Waals surface area contributed by atoms with Crippen LogP contribution in [0.4, 0.5) is 13.2 Å². The first-order valence-corrected chi connectivity index (χ1v) is 10.2. The lowest BCUT2D eigenvalue weighted by atomic mass is 10.1. The van der Waals surface area contributed by atoms with Gasteiger partial charge in [-0.2, -0.15) is 13.2 Å². The Balaban J connectivity index is 1.80. The molecule has 1 heterocycles. The van der Waals surface area contributed by atoms with Crippen LogP contribution in [0.25, 0.3) is 0 Å². The van der Waals surface area contributed by atoms with Crippen LogP contribution >= 0.6 is 11.3 Å². The second-order valence-electron chi connectivity index (χ2n) is 5.38. The number of nitrogens with zero attached hydrogens (tertiary/aromatic N) is 1. The summed E-state index contributed by atoms with van der Waals surface area (Å²) in [6, 6.07) is 8.15. The van der Waals surface area contributed by atoms with Crippen molar-refractivity contribution < 1.29 is 21.6 Å². The maximum absolute atomic E-state index is 12.7. The molecule has 0 aliphatic heterocycles. The summed E-state index contributed by atoms with van der Waals surface area (Å²) >= 11 is 1.12. The third kappa shape index (κ3) is 6.52.